The van der Waals surface area contributed by atoms with Crippen molar-refractivity contribution in [1.29, 1.82) is 5.26 Å². The van der Waals surface area contributed by atoms with Crippen molar-refractivity contribution in [1.82, 2.24) is 29.8 Å². The minimum Gasteiger partial charge on any atom is -0.278 e. The van der Waals surface area contributed by atoms with Crippen molar-refractivity contribution in [3.05, 3.63) is 78.6 Å². The number of hydrogen-bond donors (Lipinski definition) is 1. The van der Waals surface area contributed by atoms with Gasteiger partial charge < -0.3 is 0 Å². The van der Waals surface area contributed by atoms with Gasteiger partial charge in [0.05, 0.1) is 40.4 Å². The van der Waals surface area contributed by atoms with Gasteiger partial charge in [0.25, 0.3) is 0 Å². The first-order chi connectivity index (χ1) is 16.0. The molecule has 158 valence electrons. The average Bonchev–Trinajstić information content (AvgIpc) is 3.50. The number of nitrogens with one attached hydrogen (secondary N) is 1. The Hall–Kier alpha value is -4.57. The first-order valence-corrected chi connectivity index (χ1v) is 10.6. The maximum Gasteiger partial charge on any atom is 0.180 e. The number of fused-ring (bicyclic) bond motifs is 4. The van der Waals surface area contributed by atoms with Gasteiger partial charge >= 0.3 is 0 Å². The first-order valence-electron chi connectivity index (χ1n) is 10.6. The van der Waals surface area contributed by atoms with Crippen LogP contribution in [0.5, 0.6) is 0 Å². The van der Waals surface area contributed by atoms with Crippen molar-refractivity contribution in [2.24, 2.45) is 0 Å². The van der Waals surface area contributed by atoms with Gasteiger partial charge in [-0.3, -0.25) is 14.5 Å². The summed E-state index contributed by atoms with van der Waals surface area (Å²) >= 11 is 0. The summed E-state index contributed by atoms with van der Waals surface area (Å²) in [4.78, 5) is 4.58. The Labute approximate surface area is 189 Å². The summed E-state index contributed by atoms with van der Waals surface area (Å²) in [5, 5.41) is 26.4. The predicted octanol–water partition coefficient (Wildman–Crippen LogP) is 5.29. The van der Waals surface area contributed by atoms with Crippen LogP contribution in [0.1, 0.15) is 19.4 Å². The SMILES string of the molecule is CC(C)(C#N)c1ccc(-c2nnc3cnc4ccc(-c5ccc6[nH]ncc6c5)cc4n23)cc1. The highest BCUT2D eigenvalue weighted by Crippen LogP contribution is 2.30. The van der Waals surface area contributed by atoms with Gasteiger partial charge in [-0.1, -0.05) is 36.4 Å². The highest BCUT2D eigenvalue weighted by molar-refractivity contribution is 5.88. The molecule has 0 saturated carbocycles. The minimum absolute atomic E-state index is 0.549. The van der Waals surface area contributed by atoms with Crippen LogP contribution >= 0.6 is 0 Å². The topological polar surface area (TPSA) is 95.5 Å². The number of nitrogens with zero attached hydrogens (tertiary/aromatic N) is 6. The molecule has 33 heavy (non-hydrogen) atoms. The fourth-order valence-corrected chi connectivity index (χ4v) is 4.15. The highest BCUT2D eigenvalue weighted by Gasteiger charge is 2.20. The quantitative estimate of drug-likeness (QED) is 0.412. The second-order valence-corrected chi connectivity index (χ2v) is 8.67. The molecule has 0 aliphatic rings. The molecule has 0 amide bonds. The van der Waals surface area contributed by atoms with Crippen LogP contribution in [0, 0.1) is 11.3 Å². The van der Waals surface area contributed by atoms with Gasteiger partial charge in [-0.15, -0.1) is 10.2 Å². The summed E-state index contributed by atoms with van der Waals surface area (Å²) in [7, 11) is 0. The van der Waals surface area contributed by atoms with Crippen molar-refractivity contribution < 1.29 is 0 Å². The van der Waals surface area contributed by atoms with Crippen molar-refractivity contribution in [2.75, 3.05) is 0 Å². The lowest BCUT2D eigenvalue weighted by atomic mass is 9.86. The Morgan fingerprint density at radius 1 is 0.879 bits per heavy atom. The Bertz CT molecular complexity index is 1700. The zero-order chi connectivity index (χ0) is 22.6. The van der Waals surface area contributed by atoms with E-state index in [0.29, 0.717) is 5.65 Å². The Morgan fingerprint density at radius 2 is 1.64 bits per heavy atom. The maximum atomic E-state index is 9.44. The van der Waals surface area contributed by atoms with Crippen molar-refractivity contribution in [2.45, 2.75) is 19.3 Å². The largest absolute Gasteiger partial charge is 0.278 e. The van der Waals surface area contributed by atoms with Gasteiger partial charge in [0, 0.05) is 10.9 Å². The fraction of sp³-hybridized carbons (Fsp3) is 0.115. The number of benzene rings is 3. The normalized spacial score (nSPS) is 11.9. The van der Waals surface area contributed by atoms with Crippen LogP contribution in [0.15, 0.2) is 73.1 Å². The summed E-state index contributed by atoms with van der Waals surface area (Å²) in [6.07, 6.45) is 3.57. The third kappa shape index (κ3) is 3.04. The maximum absolute atomic E-state index is 9.44. The molecule has 0 aliphatic heterocycles. The van der Waals surface area contributed by atoms with Gasteiger partial charge in [0.15, 0.2) is 11.5 Å². The van der Waals surface area contributed by atoms with Crippen LogP contribution in [-0.2, 0) is 5.41 Å². The van der Waals surface area contributed by atoms with Crippen LogP contribution in [0.25, 0.3) is 50.1 Å². The molecule has 1 N–H and O–H groups in total. The zero-order valence-corrected chi connectivity index (χ0v) is 18.1. The Kier molecular flexibility index (Phi) is 4.04. The summed E-state index contributed by atoms with van der Waals surface area (Å²) in [5.74, 6) is 0.737. The molecule has 7 nitrogen and oxygen atoms in total. The lowest BCUT2D eigenvalue weighted by molar-refractivity contribution is 0.687. The summed E-state index contributed by atoms with van der Waals surface area (Å²) in [6, 6.07) is 22.8. The van der Waals surface area contributed by atoms with Gasteiger partial charge in [0.2, 0.25) is 0 Å². The fourth-order valence-electron chi connectivity index (χ4n) is 4.15. The Balaban J connectivity index is 1.53. The summed E-state index contributed by atoms with van der Waals surface area (Å²) in [6.45, 7) is 3.83. The second kappa shape index (κ2) is 6.97. The average molecular weight is 429 g/mol. The van der Waals surface area contributed by atoms with Gasteiger partial charge in [-0.05, 0) is 54.8 Å². The van der Waals surface area contributed by atoms with Gasteiger partial charge in [-0.2, -0.15) is 10.4 Å². The van der Waals surface area contributed by atoms with E-state index in [1.807, 2.05) is 60.8 Å². The van der Waals surface area contributed by atoms with Crippen molar-refractivity contribution in [3.8, 4) is 28.6 Å². The molecule has 0 aliphatic carbocycles. The number of aromatic nitrogens is 6. The first kappa shape index (κ1) is 19.1. The van der Waals surface area contributed by atoms with E-state index >= 15 is 0 Å². The smallest absolute Gasteiger partial charge is 0.180 e. The number of aromatic amines is 1. The summed E-state index contributed by atoms with van der Waals surface area (Å²) < 4.78 is 2.03. The number of hydrogen-bond acceptors (Lipinski definition) is 5. The lowest BCUT2D eigenvalue weighted by Crippen LogP contribution is -2.13. The number of rotatable bonds is 3. The number of nitriles is 1. The number of H-pyrrole nitrogens is 1. The van der Waals surface area contributed by atoms with Crippen molar-refractivity contribution in [3.63, 3.8) is 0 Å². The molecule has 0 bridgehead atoms. The molecular weight excluding hydrogens is 410 g/mol. The minimum atomic E-state index is -0.549. The molecule has 0 unspecified atom stereocenters. The molecule has 3 aromatic carbocycles. The molecule has 0 fully saturated rings. The standard InChI is InChI=1S/C26H19N7/c1-26(2,15-27)20-7-3-16(4-8-20)25-32-31-24-14-28-22-10-6-18(12-23(22)33(24)25)17-5-9-21-19(11-17)13-29-30-21/h3-14H,1-2H3,(H,29,30). The van der Waals surface area contributed by atoms with E-state index in [1.165, 1.54) is 0 Å². The van der Waals surface area contributed by atoms with Crippen LogP contribution in [-0.4, -0.2) is 29.8 Å². The zero-order valence-electron chi connectivity index (χ0n) is 18.1. The molecule has 3 aromatic heterocycles. The monoisotopic (exact) mass is 429 g/mol. The predicted molar refractivity (Wildman–Crippen MR) is 127 cm³/mol. The van der Waals surface area contributed by atoms with Crippen LogP contribution < -0.4 is 0 Å². The van der Waals surface area contributed by atoms with E-state index in [-0.39, 0.29) is 0 Å². The molecule has 3 heterocycles. The van der Waals surface area contributed by atoms with E-state index < -0.39 is 5.41 Å². The van der Waals surface area contributed by atoms with E-state index in [4.69, 9.17) is 0 Å². The molecule has 7 heteroatoms. The van der Waals surface area contributed by atoms with E-state index in [0.717, 1.165) is 50.0 Å². The molecule has 0 spiro atoms. The molecule has 6 rings (SSSR count). The molecule has 0 atom stereocenters. The van der Waals surface area contributed by atoms with E-state index in [1.54, 1.807) is 6.20 Å². The van der Waals surface area contributed by atoms with Crippen LogP contribution in [0.3, 0.4) is 0 Å². The molecule has 6 aromatic rings. The van der Waals surface area contributed by atoms with Crippen LogP contribution in [0.2, 0.25) is 0 Å². The molecule has 0 saturated heterocycles. The van der Waals surface area contributed by atoms with Crippen molar-refractivity contribution >= 4 is 27.6 Å². The second-order valence-electron chi connectivity index (χ2n) is 8.67. The van der Waals surface area contributed by atoms with Crippen LogP contribution in [0.4, 0.5) is 0 Å². The molecule has 0 radical (unpaired) electrons. The van der Waals surface area contributed by atoms with Gasteiger partial charge in [0.1, 0.15) is 0 Å². The third-order valence-corrected chi connectivity index (χ3v) is 6.14. The Morgan fingerprint density at radius 3 is 2.45 bits per heavy atom. The summed E-state index contributed by atoms with van der Waals surface area (Å²) in [5.41, 5.74) is 6.99. The van der Waals surface area contributed by atoms with E-state index in [2.05, 4.69) is 55.7 Å². The lowest BCUT2D eigenvalue weighted by Gasteiger charge is -2.15. The van der Waals surface area contributed by atoms with E-state index in [9.17, 15) is 5.26 Å². The highest BCUT2D eigenvalue weighted by atomic mass is 15.3. The van der Waals surface area contributed by atoms with Gasteiger partial charge in [-0.25, -0.2) is 0 Å². The third-order valence-electron chi connectivity index (χ3n) is 6.14. The molecular formula is C26H19N7.